The molecule has 1 saturated carbocycles. The molecule has 2 rings (SSSR count). The van der Waals surface area contributed by atoms with Crippen molar-refractivity contribution >= 4 is 0 Å². The van der Waals surface area contributed by atoms with E-state index in [2.05, 4.69) is 0 Å². The molecular formula is C14H18F3N. The summed E-state index contributed by atoms with van der Waals surface area (Å²) >= 11 is 0. The highest BCUT2D eigenvalue weighted by Crippen LogP contribution is 2.39. The molecule has 1 fully saturated rings. The van der Waals surface area contributed by atoms with E-state index in [0.29, 0.717) is 6.54 Å². The topological polar surface area (TPSA) is 26.0 Å². The van der Waals surface area contributed by atoms with Crippen LogP contribution in [-0.4, -0.2) is 6.54 Å². The van der Waals surface area contributed by atoms with Gasteiger partial charge in [-0.05, 0) is 24.5 Å². The molecule has 0 atom stereocenters. The van der Waals surface area contributed by atoms with Crippen LogP contribution in [0.2, 0.25) is 0 Å². The monoisotopic (exact) mass is 257 g/mol. The van der Waals surface area contributed by atoms with E-state index in [1.165, 1.54) is 18.6 Å². The molecule has 1 nitrogen and oxygen atoms in total. The number of rotatable bonds is 3. The number of halogens is 3. The van der Waals surface area contributed by atoms with Gasteiger partial charge in [0.25, 0.3) is 6.43 Å². The average molecular weight is 257 g/mol. The summed E-state index contributed by atoms with van der Waals surface area (Å²) in [5, 5.41) is 0. The standard InChI is InChI=1S/C14H18F3N/c15-12-8-10(4-5-11(12)13(16)17)14(9-18)6-2-1-3-7-14/h4-5,8,13H,1-3,6-7,9,18H2. The minimum Gasteiger partial charge on any atom is -0.330 e. The molecule has 0 radical (unpaired) electrons. The SMILES string of the molecule is NCC1(c2ccc(C(F)F)c(F)c2)CCCCC1. The average Bonchev–Trinajstić information content (AvgIpc) is 2.39. The summed E-state index contributed by atoms with van der Waals surface area (Å²) < 4.78 is 38.7. The van der Waals surface area contributed by atoms with E-state index >= 15 is 0 Å². The van der Waals surface area contributed by atoms with Crippen molar-refractivity contribution in [2.24, 2.45) is 5.73 Å². The fourth-order valence-electron chi connectivity index (χ4n) is 2.87. The fraction of sp³-hybridized carbons (Fsp3) is 0.571. The highest BCUT2D eigenvalue weighted by atomic mass is 19.3. The molecule has 0 amide bonds. The lowest BCUT2D eigenvalue weighted by atomic mass is 9.69. The van der Waals surface area contributed by atoms with Gasteiger partial charge in [0.1, 0.15) is 5.82 Å². The third-order valence-corrected chi connectivity index (χ3v) is 4.05. The number of benzene rings is 1. The Balaban J connectivity index is 2.34. The first kappa shape index (κ1) is 13.4. The van der Waals surface area contributed by atoms with Crippen LogP contribution in [0.4, 0.5) is 13.2 Å². The van der Waals surface area contributed by atoms with Gasteiger partial charge in [-0.1, -0.05) is 31.4 Å². The minimum atomic E-state index is -2.76. The van der Waals surface area contributed by atoms with Crippen LogP contribution in [0.1, 0.15) is 49.7 Å². The summed E-state index contributed by atoms with van der Waals surface area (Å²) in [5.41, 5.74) is 5.87. The Hall–Kier alpha value is -1.03. The van der Waals surface area contributed by atoms with Crippen LogP contribution in [0, 0.1) is 5.82 Å². The van der Waals surface area contributed by atoms with Crippen molar-refractivity contribution in [3.05, 3.63) is 35.1 Å². The first-order valence-corrected chi connectivity index (χ1v) is 6.37. The zero-order chi connectivity index (χ0) is 13.2. The molecule has 1 aromatic rings. The molecule has 0 spiro atoms. The van der Waals surface area contributed by atoms with Crippen molar-refractivity contribution in [3.8, 4) is 0 Å². The number of alkyl halides is 2. The van der Waals surface area contributed by atoms with E-state index < -0.39 is 17.8 Å². The van der Waals surface area contributed by atoms with Crippen LogP contribution in [0.25, 0.3) is 0 Å². The van der Waals surface area contributed by atoms with E-state index in [9.17, 15) is 13.2 Å². The largest absolute Gasteiger partial charge is 0.330 e. The highest BCUT2D eigenvalue weighted by molar-refractivity contribution is 5.32. The van der Waals surface area contributed by atoms with Crippen molar-refractivity contribution in [3.63, 3.8) is 0 Å². The second-order valence-corrected chi connectivity index (χ2v) is 5.08. The van der Waals surface area contributed by atoms with Crippen LogP contribution in [0.3, 0.4) is 0 Å². The second kappa shape index (κ2) is 5.31. The van der Waals surface area contributed by atoms with Crippen LogP contribution in [-0.2, 0) is 5.41 Å². The quantitative estimate of drug-likeness (QED) is 0.872. The van der Waals surface area contributed by atoms with Crippen LogP contribution < -0.4 is 5.73 Å². The number of hydrogen-bond acceptors (Lipinski definition) is 1. The van der Waals surface area contributed by atoms with Gasteiger partial charge in [0.2, 0.25) is 0 Å². The van der Waals surface area contributed by atoms with Gasteiger partial charge in [-0.2, -0.15) is 0 Å². The predicted octanol–water partition coefficient (Wildman–Crippen LogP) is 3.92. The van der Waals surface area contributed by atoms with Gasteiger partial charge < -0.3 is 5.73 Å². The maximum atomic E-state index is 13.6. The number of nitrogens with two attached hydrogens (primary N) is 1. The van der Waals surface area contributed by atoms with Gasteiger partial charge in [-0.15, -0.1) is 0 Å². The lowest BCUT2D eigenvalue weighted by molar-refractivity contribution is 0.146. The Morgan fingerprint density at radius 2 is 1.83 bits per heavy atom. The normalized spacial score (nSPS) is 19.2. The first-order chi connectivity index (χ1) is 8.59. The Labute approximate surface area is 105 Å². The van der Waals surface area contributed by atoms with E-state index in [-0.39, 0.29) is 5.41 Å². The molecule has 0 bridgehead atoms. The predicted molar refractivity (Wildman–Crippen MR) is 65.2 cm³/mol. The summed E-state index contributed by atoms with van der Waals surface area (Å²) in [6.07, 6.45) is 2.36. The smallest absolute Gasteiger partial charge is 0.266 e. The third-order valence-electron chi connectivity index (χ3n) is 4.05. The lowest BCUT2D eigenvalue weighted by Gasteiger charge is -2.37. The van der Waals surface area contributed by atoms with Crippen LogP contribution in [0.15, 0.2) is 18.2 Å². The summed E-state index contributed by atoms with van der Waals surface area (Å²) in [7, 11) is 0. The summed E-state index contributed by atoms with van der Waals surface area (Å²) in [6.45, 7) is 0.445. The summed E-state index contributed by atoms with van der Waals surface area (Å²) in [5.74, 6) is -0.819. The maximum absolute atomic E-state index is 13.6. The van der Waals surface area contributed by atoms with Crippen molar-refractivity contribution in [1.29, 1.82) is 0 Å². The van der Waals surface area contributed by atoms with Crippen molar-refractivity contribution in [2.45, 2.75) is 43.9 Å². The molecule has 1 aliphatic carbocycles. The molecule has 0 heterocycles. The third kappa shape index (κ3) is 2.39. The molecule has 18 heavy (non-hydrogen) atoms. The van der Waals surface area contributed by atoms with E-state index in [1.807, 2.05) is 0 Å². The van der Waals surface area contributed by atoms with Gasteiger partial charge >= 0.3 is 0 Å². The summed E-state index contributed by atoms with van der Waals surface area (Å²) in [4.78, 5) is 0. The fourth-order valence-corrected chi connectivity index (χ4v) is 2.87. The Kier molecular flexibility index (Phi) is 3.95. The zero-order valence-corrected chi connectivity index (χ0v) is 10.3. The molecule has 0 unspecified atom stereocenters. The van der Waals surface area contributed by atoms with Gasteiger partial charge in [0.15, 0.2) is 0 Å². The van der Waals surface area contributed by atoms with Gasteiger partial charge in [-0.3, -0.25) is 0 Å². The van der Waals surface area contributed by atoms with Crippen molar-refractivity contribution in [2.75, 3.05) is 6.54 Å². The first-order valence-electron chi connectivity index (χ1n) is 6.37. The van der Waals surface area contributed by atoms with Crippen LogP contribution >= 0.6 is 0 Å². The lowest BCUT2D eigenvalue weighted by Crippen LogP contribution is -2.37. The summed E-state index contributed by atoms with van der Waals surface area (Å²) in [6, 6.07) is 4.06. The molecule has 4 heteroatoms. The Morgan fingerprint density at radius 1 is 1.17 bits per heavy atom. The van der Waals surface area contributed by atoms with Gasteiger partial charge in [0, 0.05) is 12.0 Å². The van der Waals surface area contributed by atoms with Gasteiger partial charge in [-0.25, -0.2) is 13.2 Å². The molecule has 1 aromatic carbocycles. The molecule has 100 valence electrons. The molecule has 0 aromatic heterocycles. The van der Waals surface area contributed by atoms with Crippen molar-refractivity contribution in [1.82, 2.24) is 0 Å². The van der Waals surface area contributed by atoms with Gasteiger partial charge in [0.05, 0.1) is 5.56 Å². The Bertz CT molecular complexity index is 412. The van der Waals surface area contributed by atoms with E-state index in [0.717, 1.165) is 31.2 Å². The maximum Gasteiger partial charge on any atom is 0.266 e. The molecule has 0 aliphatic heterocycles. The molecule has 0 saturated heterocycles. The molecular weight excluding hydrogens is 239 g/mol. The molecule has 1 aliphatic rings. The number of hydrogen-bond donors (Lipinski definition) is 1. The Morgan fingerprint density at radius 3 is 2.33 bits per heavy atom. The highest BCUT2D eigenvalue weighted by Gasteiger charge is 2.33. The molecule has 2 N–H and O–H groups in total. The van der Waals surface area contributed by atoms with Crippen molar-refractivity contribution < 1.29 is 13.2 Å². The second-order valence-electron chi connectivity index (χ2n) is 5.08. The van der Waals surface area contributed by atoms with E-state index in [4.69, 9.17) is 5.73 Å². The zero-order valence-electron chi connectivity index (χ0n) is 10.3. The van der Waals surface area contributed by atoms with Crippen LogP contribution in [0.5, 0.6) is 0 Å². The minimum absolute atomic E-state index is 0.222. The van der Waals surface area contributed by atoms with E-state index in [1.54, 1.807) is 6.07 Å².